The molecule has 10 heteroatoms. The number of rotatable bonds is 8. The Balaban J connectivity index is 1.35. The van der Waals surface area contributed by atoms with Crippen molar-refractivity contribution in [3.63, 3.8) is 0 Å². The van der Waals surface area contributed by atoms with Gasteiger partial charge < -0.3 is 16.8 Å². The summed E-state index contributed by atoms with van der Waals surface area (Å²) in [5, 5.41) is 12.5. The van der Waals surface area contributed by atoms with Crippen molar-refractivity contribution in [2.45, 2.75) is 56.5 Å². The number of benzene rings is 1. The fourth-order valence-corrected chi connectivity index (χ4v) is 4.92. The Labute approximate surface area is 209 Å². The Hall–Kier alpha value is -3.14. The lowest BCUT2D eigenvalue weighted by atomic mass is 9.92. The van der Waals surface area contributed by atoms with Gasteiger partial charge in [-0.05, 0) is 68.3 Å². The van der Waals surface area contributed by atoms with Crippen molar-refractivity contribution in [2.24, 2.45) is 11.5 Å². The third-order valence-corrected chi connectivity index (χ3v) is 6.88. The van der Waals surface area contributed by atoms with Gasteiger partial charge in [0.05, 0.1) is 16.8 Å². The molecule has 1 saturated carbocycles. The van der Waals surface area contributed by atoms with Gasteiger partial charge in [-0.2, -0.15) is 10.1 Å². The first-order valence-corrected chi connectivity index (χ1v) is 12.5. The second-order valence-corrected chi connectivity index (χ2v) is 9.61. The molecule has 1 aliphatic rings. The Bertz CT molecular complexity index is 1280. The van der Waals surface area contributed by atoms with Gasteiger partial charge >= 0.3 is 0 Å². The van der Waals surface area contributed by atoms with E-state index < -0.39 is 0 Å². The highest BCUT2D eigenvalue weighted by Gasteiger charge is 2.20. The van der Waals surface area contributed by atoms with Gasteiger partial charge in [-0.3, -0.25) is 5.10 Å². The van der Waals surface area contributed by atoms with E-state index in [0.29, 0.717) is 41.7 Å². The van der Waals surface area contributed by atoms with Crippen LogP contribution in [0.25, 0.3) is 22.4 Å². The molecule has 0 spiro atoms. The van der Waals surface area contributed by atoms with E-state index in [4.69, 9.17) is 28.1 Å². The lowest BCUT2D eigenvalue weighted by molar-refractivity contribution is 0.410. The molecule has 0 bridgehead atoms. The van der Waals surface area contributed by atoms with Gasteiger partial charge in [-0.15, -0.1) is 0 Å². The van der Waals surface area contributed by atoms with Gasteiger partial charge in [-0.25, -0.2) is 15.0 Å². The van der Waals surface area contributed by atoms with Crippen molar-refractivity contribution in [1.82, 2.24) is 30.1 Å². The molecule has 4 aromatic rings. The molecule has 182 valence electrons. The van der Waals surface area contributed by atoms with Crippen LogP contribution < -0.4 is 16.8 Å². The Morgan fingerprint density at radius 3 is 2.77 bits per heavy atom. The van der Waals surface area contributed by atoms with Crippen molar-refractivity contribution < 1.29 is 0 Å². The zero-order valence-electron chi connectivity index (χ0n) is 19.5. The highest BCUT2D eigenvalue weighted by atomic mass is 35.5. The largest absolute Gasteiger partial charge is 0.351 e. The number of halogens is 1. The monoisotopic (exact) mass is 491 g/mol. The van der Waals surface area contributed by atoms with Crippen LogP contribution in [0.2, 0.25) is 5.02 Å². The number of aromatic amines is 1. The lowest BCUT2D eigenvalue weighted by Crippen LogP contribution is -2.33. The van der Waals surface area contributed by atoms with Gasteiger partial charge in [-0.1, -0.05) is 23.7 Å². The number of hydrogen-bond donors (Lipinski definition) is 4. The quantitative estimate of drug-likeness (QED) is 0.291. The van der Waals surface area contributed by atoms with Crippen molar-refractivity contribution in [2.75, 3.05) is 11.9 Å². The lowest BCUT2D eigenvalue weighted by Gasteiger charge is -2.26. The fourth-order valence-electron chi connectivity index (χ4n) is 4.72. The van der Waals surface area contributed by atoms with Crippen molar-refractivity contribution >= 4 is 28.6 Å². The average molecular weight is 492 g/mol. The van der Waals surface area contributed by atoms with Gasteiger partial charge in [0, 0.05) is 35.9 Å². The van der Waals surface area contributed by atoms with E-state index >= 15 is 0 Å². The van der Waals surface area contributed by atoms with Crippen LogP contribution in [0, 0.1) is 0 Å². The molecule has 0 amide bonds. The van der Waals surface area contributed by atoms with Crippen LogP contribution in [-0.2, 0) is 6.42 Å². The highest BCUT2D eigenvalue weighted by molar-refractivity contribution is 6.30. The highest BCUT2D eigenvalue weighted by Crippen LogP contribution is 2.28. The standard InChI is InChI=1S/C25H30ClN9/c26-17-3-1-2-15(12-17)16(8-10-27)13-22-29-11-9-21(32-22)23-20-14-30-25(33-24(20)35-34-23)31-19-6-4-18(28)5-7-19/h1-3,9,11-12,14,16,18-19H,4-8,10,13,27-28H2,(H2,30,31,33,34,35). The minimum Gasteiger partial charge on any atom is -0.351 e. The molecule has 6 N–H and O–H groups in total. The normalized spacial score (nSPS) is 19.1. The number of nitrogens with zero attached hydrogens (tertiary/aromatic N) is 5. The summed E-state index contributed by atoms with van der Waals surface area (Å²) in [5.41, 5.74) is 15.2. The predicted octanol–water partition coefficient (Wildman–Crippen LogP) is 3.82. The molecule has 0 saturated heterocycles. The molecule has 1 aliphatic carbocycles. The van der Waals surface area contributed by atoms with Gasteiger partial charge in [0.2, 0.25) is 5.95 Å². The smallest absolute Gasteiger partial charge is 0.224 e. The maximum absolute atomic E-state index is 6.22. The number of anilines is 1. The van der Waals surface area contributed by atoms with Crippen LogP contribution in [0.4, 0.5) is 5.95 Å². The SMILES string of the molecule is NCCC(Cc1nccc(-c2[nH]nc3nc(NC4CCC(N)CC4)ncc23)n1)c1cccc(Cl)c1. The van der Waals surface area contributed by atoms with Crippen molar-refractivity contribution in [1.29, 1.82) is 0 Å². The number of nitrogens with one attached hydrogen (secondary N) is 2. The van der Waals surface area contributed by atoms with E-state index in [1.165, 1.54) is 0 Å². The number of hydrogen-bond acceptors (Lipinski definition) is 8. The predicted molar refractivity (Wildman–Crippen MR) is 138 cm³/mol. The summed E-state index contributed by atoms with van der Waals surface area (Å²) in [7, 11) is 0. The summed E-state index contributed by atoms with van der Waals surface area (Å²) < 4.78 is 0. The Kier molecular flexibility index (Phi) is 7.17. The molecular formula is C25H30ClN9. The molecule has 1 atom stereocenters. The van der Waals surface area contributed by atoms with Gasteiger partial charge in [0.1, 0.15) is 5.82 Å². The number of fused-ring (bicyclic) bond motifs is 1. The summed E-state index contributed by atoms with van der Waals surface area (Å²) in [6.45, 7) is 0.573. The van der Waals surface area contributed by atoms with E-state index in [2.05, 4.69) is 36.5 Å². The molecule has 1 fully saturated rings. The Morgan fingerprint density at radius 1 is 1.11 bits per heavy atom. The summed E-state index contributed by atoms with van der Waals surface area (Å²) in [5.74, 6) is 1.50. The summed E-state index contributed by atoms with van der Waals surface area (Å²) >= 11 is 6.22. The van der Waals surface area contributed by atoms with Gasteiger partial charge in [0.25, 0.3) is 0 Å². The molecule has 9 nitrogen and oxygen atoms in total. The molecule has 5 rings (SSSR count). The second kappa shape index (κ2) is 10.6. The first kappa shape index (κ1) is 23.6. The zero-order valence-corrected chi connectivity index (χ0v) is 20.2. The van der Waals surface area contributed by atoms with Crippen LogP contribution >= 0.6 is 11.6 Å². The van der Waals surface area contributed by atoms with E-state index in [-0.39, 0.29) is 5.92 Å². The van der Waals surface area contributed by atoms with Crippen molar-refractivity contribution in [3.05, 3.63) is 59.1 Å². The third kappa shape index (κ3) is 5.58. The fraction of sp³-hybridized carbons (Fsp3) is 0.400. The second-order valence-electron chi connectivity index (χ2n) is 9.18. The molecule has 1 aromatic carbocycles. The molecule has 3 heterocycles. The van der Waals surface area contributed by atoms with Gasteiger partial charge in [0.15, 0.2) is 5.65 Å². The maximum atomic E-state index is 6.22. The molecule has 0 aliphatic heterocycles. The topological polar surface area (TPSA) is 144 Å². The zero-order chi connectivity index (χ0) is 24.2. The summed E-state index contributed by atoms with van der Waals surface area (Å²) in [4.78, 5) is 18.5. The maximum Gasteiger partial charge on any atom is 0.224 e. The molecule has 35 heavy (non-hydrogen) atoms. The van der Waals surface area contributed by atoms with E-state index in [0.717, 1.165) is 60.3 Å². The first-order chi connectivity index (χ1) is 17.1. The average Bonchev–Trinajstić information content (AvgIpc) is 3.29. The Morgan fingerprint density at radius 2 is 1.97 bits per heavy atom. The van der Waals surface area contributed by atoms with E-state index in [1.54, 1.807) is 12.4 Å². The van der Waals surface area contributed by atoms with E-state index in [1.807, 2.05) is 24.3 Å². The molecule has 0 radical (unpaired) electrons. The number of nitrogens with two attached hydrogens (primary N) is 2. The van der Waals surface area contributed by atoms with Crippen LogP contribution in [-0.4, -0.2) is 48.8 Å². The van der Waals surface area contributed by atoms with Crippen LogP contribution in [0.5, 0.6) is 0 Å². The minimum absolute atomic E-state index is 0.179. The molecule has 1 unspecified atom stereocenters. The van der Waals surface area contributed by atoms with E-state index in [9.17, 15) is 0 Å². The van der Waals surface area contributed by atoms with Crippen LogP contribution in [0.3, 0.4) is 0 Å². The third-order valence-electron chi connectivity index (χ3n) is 6.64. The van der Waals surface area contributed by atoms with Crippen LogP contribution in [0.1, 0.15) is 49.4 Å². The van der Waals surface area contributed by atoms with Crippen molar-refractivity contribution in [3.8, 4) is 11.4 Å². The molecule has 3 aromatic heterocycles. The number of aromatic nitrogens is 6. The minimum atomic E-state index is 0.179. The number of H-pyrrole nitrogens is 1. The first-order valence-electron chi connectivity index (χ1n) is 12.1. The molecular weight excluding hydrogens is 462 g/mol. The summed E-state index contributed by atoms with van der Waals surface area (Å²) in [6.07, 6.45) is 9.13. The summed E-state index contributed by atoms with van der Waals surface area (Å²) in [6, 6.07) is 10.4. The van der Waals surface area contributed by atoms with Crippen LogP contribution in [0.15, 0.2) is 42.7 Å².